The standard InChI is InChI=1S/C24H26F3N3O2/c1-16(22(31)28-19-10-11-19)29-12-14-30(15-13-29)23(32)21-5-3-2-4-20(21)17-6-8-18(9-7-17)24(25,26)27/h2-9,16,19H,10-15H2,1H3,(H,28,31). The van der Waals surface area contributed by atoms with Gasteiger partial charge in [0.2, 0.25) is 5.91 Å². The van der Waals surface area contributed by atoms with Crippen molar-refractivity contribution in [2.75, 3.05) is 26.2 Å². The Kier molecular flexibility index (Phi) is 6.24. The molecule has 0 aromatic heterocycles. The van der Waals surface area contributed by atoms with Crippen LogP contribution in [0.25, 0.3) is 11.1 Å². The number of halogens is 3. The van der Waals surface area contributed by atoms with E-state index < -0.39 is 11.7 Å². The smallest absolute Gasteiger partial charge is 0.352 e. The molecule has 1 heterocycles. The number of amides is 2. The van der Waals surface area contributed by atoms with Crippen LogP contribution in [0.2, 0.25) is 0 Å². The molecule has 1 atom stereocenters. The Bertz CT molecular complexity index is 979. The van der Waals surface area contributed by atoms with Crippen LogP contribution < -0.4 is 5.32 Å². The molecular formula is C24H26F3N3O2. The lowest BCUT2D eigenvalue weighted by atomic mass is 9.97. The van der Waals surface area contributed by atoms with Crippen molar-refractivity contribution in [3.63, 3.8) is 0 Å². The first-order valence-electron chi connectivity index (χ1n) is 10.8. The van der Waals surface area contributed by atoms with E-state index in [1.165, 1.54) is 12.1 Å². The van der Waals surface area contributed by atoms with E-state index in [9.17, 15) is 22.8 Å². The molecule has 5 nitrogen and oxygen atoms in total. The monoisotopic (exact) mass is 445 g/mol. The highest BCUT2D eigenvalue weighted by Crippen LogP contribution is 2.32. The molecule has 2 aliphatic rings. The molecule has 1 saturated carbocycles. The van der Waals surface area contributed by atoms with E-state index in [2.05, 4.69) is 10.2 Å². The molecule has 2 amide bonds. The number of carbonyl (C=O) groups is 2. The largest absolute Gasteiger partial charge is 0.416 e. The second-order valence-corrected chi connectivity index (χ2v) is 8.41. The molecule has 8 heteroatoms. The van der Waals surface area contributed by atoms with E-state index in [1.807, 2.05) is 6.92 Å². The minimum Gasteiger partial charge on any atom is -0.352 e. The average molecular weight is 445 g/mol. The molecule has 0 radical (unpaired) electrons. The van der Waals surface area contributed by atoms with Gasteiger partial charge in [-0.1, -0.05) is 30.3 Å². The summed E-state index contributed by atoms with van der Waals surface area (Å²) in [5, 5.41) is 3.02. The van der Waals surface area contributed by atoms with Gasteiger partial charge in [0.05, 0.1) is 11.6 Å². The van der Waals surface area contributed by atoms with E-state index in [0.717, 1.165) is 25.0 Å². The van der Waals surface area contributed by atoms with Gasteiger partial charge in [0.15, 0.2) is 0 Å². The van der Waals surface area contributed by atoms with Crippen LogP contribution in [0.3, 0.4) is 0 Å². The summed E-state index contributed by atoms with van der Waals surface area (Å²) in [5.41, 5.74) is 0.901. The highest BCUT2D eigenvalue weighted by atomic mass is 19.4. The third kappa shape index (κ3) is 4.96. The Labute approximate surface area is 185 Å². The fourth-order valence-corrected chi connectivity index (χ4v) is 3.96. The Balaban J connectivity index is 1.44. The molecule has 4 rings (SSSR count). The van der Waals surface area contributed by atoms with Gasteiger partial charge < -0.3 is 10.2 Å². The quantitative estimate of drug-likeness (QED) is 0.762. The summed E-state index contributed by atoms with van der Waals surface area (Å²) >= 11 is 0. The maximum atomic E-state index is 13.2. The summed E-state index contributed by atoms with van der Waals surface area (Å²) < 4.78 is 38.7. The predicted molar refractivity (Wildman–Crippen MR) is 115 cm³/mol. The number of nitrogens with one attached hydrogen (secondary N) is 1. The molecule has 2 aromatic carbocycles. The summed E-state index contributed by atoms with van der Waals surface area (Å²) in [7, 11) is 0. The number of benzene rings is 2. The summed E-state index contributed by atoms with van der Waals surface area (Å²) in [4.78, 5) is 29.4. The van der Waals surface area contributed by atoms with Crippen LogP contribution in [0.15, 0.2) is 48.5 Å². The maximum absolute atomic E-state index is 13.2. The topological polar surface area (TPSA) is 52.7 Å². The second-order valence-electron chi connectivity index (χ2n) is 8.41. The molecule has 1 saturated heterocycles. The number of rotatable bonds is 5. The normalized spacial score (nSPS) is 18.3. The molecule has 32 heavy (non-hydrogen) atoms. The lowest BCUT2D eigenvalue weighted by Crippen LogP contribution is -2.55. The zero-order valence-electron chi connectivity index (χ0n) is 17.9. The molecule has 170 valence electrons. The first kappa shape index (κ1) is 22.3. The van der Waals surface area contributed by atoms with Crippen molar-refractivity contribution in [3.8, 4) is 11.1 Å². The number of nitrogens with zero attached hydrogens (tertiary/aromatic N) is 2. The number of hydrogen-bond acceptors (Lipinski definition) is 3. The van der Waals surface area contributed by atoms with Gasteiger partial charge >= 0.3 is 6.18 Å². The van der Waals surface area contributed by atoms with Crippen LogP contribution in [-0.2, 0) is 11.0 Å². The molecule has 1 aliphatic carbocycles. The number of alkyl halides is 3. The number of hydrogen-bond donors (Lipinski definition) is 1. The molecule has 1 aliphatic heterocycles. The first-order chi connectivity index (χ1) is 15.2. The van der Waals surface area contributed by atoms with Gasteiger partial charge in [-0.25, -0.2) is 0 Å². The number of carbonyl (C=O) groups excluding carboxylic acids is 2. The van der Waals surface area contributed by atoms with Gasteiger partial charge in [-0.15, -0.1) is 0 Å². The molecule has 1 unspecified atom stereocenters. The predicted octanol–water partition coefficient (Wildman–Crippen LogP) is 3.80. The molecule has 2 aromatic rings. The van der Waals surface area contributed by atoms with E-state index in [4.69, 9.17) is 0 Å². The molecular weight excluding hydrogens is 419 g/mol. The maximum Gasteiger partial charge on any atom is 0.416 e. The molecule has 1 N–H and O–H groups in total. The van der Waals surface area contributed by atoms with Crippen LogP contribution in [0, 0.1) is 0 Å². The molecule has 0 spiro atoms. The fraction of sp³-hybridized carbons (Fsp3) is 0.417. The third-order valence-electron chi connectivity index (χ3n) is 6.13. The lowest BCUT2D eigenvalue weighted by molar-refractivity contribution is -0.137. The Morgan fingerprint density at radius 3 is 2.19 bits per heavy atom. The molecule has 2 fully saturated rings. The Morgan fingerprint density at radius 1 is 0.969 bits per heavy atom. The molecule has 0 bridgehead atoms. The van der Waals surface area contributed by atoms with Gasteiger partial charge in [0.25, 0.3) is 5.91 Å². The minimum atomic E-state index is -4.40. The van der Waals surface area contributed by atoms with Crippen molar-refractivity contribution in [2.24, 2.45) is 0 Å². The van der Waals surface area contributed by atoms with E-state index in [1.54, 1.807) is 29.2 Å². The van der Waals surface area contributed by atoms with Crippen LogP contribution in [0.1, 0.15) is 35.7 Å². The summed E-state index contributed by atoms with van der Waals surface area (Å²) in [6, 6.07) is 11.9. The lowest BCUT2D eigenvalue weighted by Gasteiger charge is -2.37. The number of piperazine rings is 1. The summed E-state index contributed by atoms with van der Waals surface area (Å²) in [6.07, 6.45) is -2.32. The fourth-order valence-electron chi connectivity index (χ4n) is 3.96. The average Bonchev–Trinajstić information content (AvgIpc) is 3.61. The Hall–Kier alpha value is -2.87. The van der Waals surface area contributed by atoms with Crippen LogP contribution in [0.4, 0.5) is 13.2 Å². The highest BCUT2D eigenvalue weighted by molar-refractivity contribution is 6.01. The van der Waals surface area contributed by atoms with Crippen molar-refractivity contribution in [2.45, 2.75) is 38.0 Å². The zero-order valence-corrected chi connectivity index (χ0v) is 17.9. The van der Waals surface area contributed by atoms with Crippen LogP contribution >= 0.6 is 0 Å². The van der Waals surface area contributed by atoms with E-state index in [-0.39, 0.29) is 17.9 Å². The van der Waals surface area contributed by atoms with E-state index in [0.29, 0.717) is 48.9 Å². The van der Waals surface area contributed by atoms with Gasteiger partial charge in [-0.2, -0.15) is 13.2 Å². The highest BCUT2D eigenvalue weighted by Gasteiger charge is 2.32. The zero-order chi connectivity index (χ0) is 22.9. The van der Waals surface area contributed by atoms with Gasteiger partial charge in [0.1, 0.15) is 0 Å². The Morgan fingerprint density at radius 2 is 1.59 bits per heavy atom. The van der Waals surface area contributed by atoms with Crippen molar-refractivity contribution < 1.29 is 22.8 Å². The van der Waals surface area contributed by atoms with Gasteiger partial charge in [-0.3, -0.25) is 14.5 Å². The van der Waals surface area contributed by atoms with E-state index >= 15 is 0 Å². The van der Waals surface area contributed by atoms with Crippen LogP contribution in [0.5, 0.6) is 0 Å². The second kappa shape index (κ2) is 8.94. The van der Waals surface area contributed by atoms with Crippen molar-refractivity contribution in [3.05, 3.63) is 59.7 Å². The van der Waals surface area contributed by atoms with Crippen molar-refractivity contribution in [1.29, 1.82) is 0 Å². The summed E-state index contributed by atoms with van der Waals surface area (Å²) in [5.74, 6) is -0.129. The first-order valence-corrected chi connectivity index (χ1v) is 10.8. The third-order valence-corrected chi connectivity index (χ3v) is 6.13. The van der Waals surface area contributed by atoms with Gasteiger partial charge in [-0.05, 0) is 49.1 Å². The summed E-state index contributed by atoms with van der Waals surface area (Å²) in [6.45, 7) is 4.04. The van der Waals surface area contributed by atoms with Crippen molar-refractivity contribution in [1.82, 2.24) is 15.1 Å². The van der Waals surface area contributed by atoms with Crippen molar-refractivity contribution >= 4 is 11.8 Å². The van der Waals surface area contributed by atoms with Crippen LogP contribution in [-0.4, -0.2) is 59.9 Å². The minimum absolute atomic E-state index is 0.0277. The SMILES string of the molecule is CC(C(=O)NC1CC1)N1CCN(C(=O)c2ccccc2-c2ccc(C(F)(F)F)cc2)CC1. The van der Waals surface area contributed by atoms with Gasteiger partial charge in [0, 0.05) is 37.8 Å².